The molecule has 7 nitrogen and oxygen atoms in total. The molecule has 11 heteroatoms. The molecule has 0 radical (unpaired) electrons. The Bertz CT molecular complexity index is 828. The molecule has 2 aromatic rings. The molecule has 1 aromatic carbocycles. The zero-order valence-corrected chi connectivity index (χ0v) is 15.8. The van der Waals surface area contributed by atoms with Crippen LogP contribution in [-0.2, 0) is 9.53 Å². The van der Waals surface area contributed by atoms with Gasteiger partial charge in [0.05, 0.1) is 12.1 Å². The molecule has 1 saturated heterocycles. The van der Waals surface area contributed by atoms with E-state index in [1.165, 1.54) is 4.90 Å². The van der Waals surface area contributed by atoms with Crippen LogP contribution in [0.5, 0.6) is 0 Å². The summed E-state index contributed by atoms with van der Waals surface area (Å²) in [5.41, 5.74) is 0.671. The lowest BCUT2D eigenvalue weighted by Crippen LogP contribution is -2.64. The highest BCUT2D eigenvalue weighted by molar-refractivity contribution is 6.30. The van der Waals surface area contributed by atoms with Crippen molar-refractivity contribution in [2.75, 3.05) is 18.5 Å². The van der Waals surface area contributed by atoms with Crippen molar-refractivity contribution in [2.24, 2.45) is 0 Å². The van der Waals surface area contributed by atoms with Crippen molar-refractivity contribution in [3.8, 4) is 11.5 Å². The number of likely N-dealkylation sites (tertiary alicyclic amines) is 1. The van der Waals surface area contributed by atoms with Gasteiger partial charge in [-0.1, -0.05) is 16.7 Å². The molecule has 3 rings (SSSR count). The molecule has 2 heterocycles. The number of hydrogen-bond donors (Lipinski definition) is 1. The Morgan fingerprint density at radius 1 is 1.39 bits per heavy atom. The van der Waals surface area contributed by atoms with Crippen LogP contribution in [0.2, 0.25) is 5.02 Å². The first-order valence-corrected chi connectivity index (χ1v) is 8.86. The van der Waals surface area contributed by atoms with E-state index in [4.69, 9.17) is 20.8 Å². The predicted molar refractivity (Wildman–Crippen MR) is 94.8 cm³/mol. The van der Waals surface area contributed by atoms with Crippen molar-refractivity contribution in [3.63, 3.8) is 0 Å². The Balaban J connectivity index is 1.53. The van der Waals surface area contributed by atoms with Crippen molar-refractivity contribution < 1.29 is 27.1 Å². The molecular weight excluding hydrogens is 401 g/mol. The minimum Gasteiger partial charge on any atom is -0.403 e. The largest absolute Gasteiger partial charge is 0.411 e. The Morgan fingerprint density at radius 2 is 2.07 bits per heavy atom. The Labute approximate surface area is 163 Å². The highest BCUT2D eigenvalue weighted by Crippen LogP contribution is 2.26. The topological polar surface area (TPSA) is 80.5 Å². The van der Waals surface area contributed by atoms with Crippen LogP contribution in [0.4, 0.5) is 19.2 Å². The number of ether oxygens (including phenoxy) is 1. The third-order valence-electron chi connectivity index (χ3n) is 4.38. The smallest absolute Gasteiger partial charge is 0.403 e. The molecule has 0 unspecified atom stereocenters. The maximum Gasteiger partial charge on any atom is 0.411 e. The van der Waals surface area contributed by atoms with Gasteiger partial charge in [0.2, 0.25) is 11.8 Å². The highest BCUT2D eigenvalue weighted by Gasteiger charge is 2.43. The highest BCUT2D eigenvalue weighted by atomic mass is 35.5. The van der Waals surface area contributed by atoms with Crippen LogP contribution in [0, 0.1) is 0 Å². The minimum atomic E-state index is -4.39. The fraction of sp³-hybridized carbons (Fsp3) is 0.471. The first-order chi connectivity index (χ1) is 13.1. The summed E-state index contributed by atoms with van der Waals surface area (Å²) in [7, 11) is 0. The number of benzene rings is 1. The summed E-state index contributed by atoms with van der Waals surface area (Å²) < 4.78 is 47.0. The summed E-state index contributed by atoms with van der Waals surface area (Å²) in [6.07, 6.45) is -5.03. The second-order valence-electron chi connectivity index (χ2n) is 6.48. The van der Waals surface area contributed by atoms with Crippen LogP contribution < -0.4 is 5.32 Å². The molecule has 1 fully saturated rings. The van der Waals surface area contributed by atoms with E-state index < -0.39 is 31.0 Å². The van der Waals surface area contributed by atoms with E-state index in [2.05, 4.69) is 15.5 Å². The average molecular weight is 419 g/mol. The number of carbonyl (C=O) groups is 1. The molecule has 3 atom stereocenters. The van der Waals surface area contributed by atoms with Gasteiger partial charge in [0, 0.05) is 17.1 Å². The predicted octanol–water partition coefficient (Wildman–Crippen LogP) is 3.37. The first-order valence-electron chi connectivity index (χ1n) is 8.49. The van der Waals surface area contributed by atoms with Gasteiger partial charge in [-0.3, -0.25) is 4.79 Å². The molecule has 1 aromatic heterocycles. The van der Waals surface area contributed by atoms with Gasteiger partial charge in [-0.05, 0) is 38.1 Å². The maximum atomic E-state index is 12.5. The second kappa shape index (κ2) is 7.96. The van der Waals surface area contributed by atoms with E-state index in [0.717, 1.165) is 0 Å². The van der Waals surface area contributed by atoms with Crippen molar-refractivity contribution in [3.05, 3.63) is 29.3 Å². The molecule has 0 spiro atoms. The van der Waals surface area contributed by atoms with E-state index in [1.807, 2.05) is 0 Å². The lowest BCUT2D eigenvalue weighted by Gasteiger charge is -2.46. The average Bonchev–Trinajstić information content (AvgIpc) is 3.08. The number of anilines is 1. The van der Waals surface area contributed by atoms with Gasteiger partial charge in [-0.15, -0.1) is 5.10 Å². The van der Waals surface area contributed by atoms with E-state index in [1.54, 1.807) is 38.1 Å². The molecule has 1 aliphatic rings. The lowest BCUT2D eigenvalue weighted by atomic mass is 10.00. The van der Waals surface area contributed by atoms with Crippen molar-refractivity contribution in [1.82, 2.24) is 15.1 Å². The van der Waals surface area contributed by atoms with Gasteiger partial charge < -0.3 is 19.4 Å². The van der Waals surface area contributed by atoms with Gasteiger partial charge in [0.25, 0.3) is 0 Å². The molecule has 28 heavy (non-hydrogen) atoms. The van der Waals surface area contributed by atoms with E-state index in [-0.39, 0.29) is 24.4 Å². The Kier molecular flexibility index (Phi) is 5.80. The van der Waals surface area contributed by atoms with E-state index in [0.29, 0.717) is 10.6 Å². The van der Waals surface area contributed by atoms with Crippen LogP contribution in [0.1, 0.15) is 13.8 Å². The molecule has 1 aliphatic heterocycles. The number of hydrogen-bond acceptors (Lipinski definition) is 6. The Hall–Kier alpha value is -2.33. The van der Waals surface area contributed by atoms with E-state index in [9.17, 15) is 18.0 Å². The number of aromatic nitrogens is 2. The van der Waals surface area contributed by atoms with Crippen LogP contribution in [0.15, 0.2) is 28.7 Å². The summed E-state index contributed by atoms with van der Waals surface area (Å²) in [5, 5.41) is 11.1. The minimum absolute atomic E-state index is 0.0591. The number of nitrogens with one attached hydrogen (secondary N) is 1. The summed E-state index contributed by atoms with van der Waals surface area (Å²) in [6, 6.07) is 5.71. The third-order valence-corrected chi connectivity index (χ3v) is 4.63. The number of amides is 1. The summed E-state index contributed by atoms with van der Waals surface area (Å²) in [6.45, 7) is 2.01. The van der Waals surface area contributed by atoms with Gasteiger partial charge in [0.15, 0.2) is 0 Å². The molecule has 0 aliphatic carbocycles. The van der Waals surface area contributed by atoms with Crippen LogP contribution >= 0.6 is 11.6 Å². The van der Waals surface area contributed by atoms with Crippen molar-refractivity contribution in [1.29, 1.82) is 0 Å². The molecule has 0 saturated carbocycles. The van der Waals surface area contributed by atoms with Crippen LogP contribution in [-0.4, -0.2) is 58.5 Å². The SMILES string of the molecule is C[C@@H](Nc1nnc(-c2ccc(Cl)cc2)o1)C(=O)N1C[C@H](OCC(F)(F)F)[C@@H]1C. The number of alkyl halides is 3. The van der Waals surface area contributed by atoms with Gasteiger partial charge in [0.1, 0.15) is 12.6 Å². The molecule has 0 bridgehead atoms. The van der Waals surface area contributed by atoms with Gasteiger partial charge in [-0.25, -0.2) is 0 Å². The Morgan fingerprint density at radius 3 is 2.68 bits per heavy atom. The van der Waals surface area contributed by atoms with E-state index >= 15 is 0 Å². The van der Waals surface area contributed by atoms with Crippen molar-refractivity contribution >= 4 is 23.5 Å². The standard InChI is InChI=1S/C17H18ClF3N4O3/c1-9(15(26)25-7-13(10(25)2)27-8-17(19,20)21)22-16-24-23-14(28-16)11-3-5-12(18)6-4-11/h3-6,9-10,13H,7-8H2,1-2H3,(H,22,24)/t9-,10+,13+/m1/s1. The summed E-state index contributed by atoms with van der Waals surface area (Å²) >= 11 is 5.84. The van der Waals surface area contributed by atoms with Crippen LogP contribution in [0.3, 0.4) is 0 Å². The zero-order chi connectivity index (χ0) is 20.5. The number of carbonyl (C=O) groups excluding carboxylic acids is 1. The quantitative estimate of drug-likeness (QED) is 0.774. The fourth-order valence-electron chi connectivity index (χ4n) is 2.75. The third kappa shape index (κ3) is 4.74. The normalized spacial score (nSPS) is 20.6. The number of nitrogens with zero attached hydrogens (tertiary/aromatic N) is 3. The van der Waals surface area contributed by atoms with Gasteiger partial charge >= 0.3 is 12.2 Å². The molecule has 1 N–H and O–H groups in total. The molecule has 152 valence electrons. The first kappa shape index (κ1) is 20.4. The fourth-order valence-corrected chi connectivity index (χ4v) is 2.87. The molecule has 1 amide bonds. The second-order valence-corrected chi connectivity index (χ2v) is 6.92. The summed E-state index contributed by atoms with van der Waals surface area (Å²) in [5.74, 6) is -0.0395. The maximum absolute atomic E-state index is 12.5. The summed E-state index contributed by atoms with van der Waals surface area (Å²) in [4.78, 5) is 13.9. The zero-order valence-electron chi connectivity index (χ0n) is 15.0. The number of rotatable bonds is 6. The molecular formula is C17H18ClF3N4O3. The monoisotopic (exact) mass is 418 g/mol. The van der Waals surface area contributed by atoms with Crippen molar-refractivity contribution in [2.45, 2.75) is 38.2 Å². The number of halogens is 4. The lowest BCUT2D eigenvalue weighted by molar-refractivity contribution is -0.209. The van der Waals surface area contributed by atoms with Gasteiger partial charge in [-0.2, -0.15) is 13.2 Å². The van der Waals surface area contributed by atoms with Crippen LogP contribution in [0.25, 0.3) is 11.5 Å².